The maximum Gasteiger partial charge on any atom is 0.0876 e. The molecule has 0 spiro atoms. The maximum atomic E-state index is 5.41. The molecule has 0 atom stereocenters. The molecule has 0 amide bonds. The smallest absolute Gasteiger partial charge is 0.0876 e. The average Bonchev–Trinajstić information content (AvgIpc) is 2.83. The van der Waals surface area contributed by atoms with Crippen molar-refractivity contribution in [2.75, 3.05) is 6.61 Å². The molecular formula is C33H66O. The molecule has 1 heteroatoms. The molecule has 1 nitrogen and oxygen atoms in total. The number of hydrogen-bond donors (Lipinski definition) is 0. The zero-order valence-corrected chi connectivity index (χ0v) is 24.1. The monoisotopic (exact) mass is 479 g/mol. The number of unbranched alkanes of at least 4 members (excludes halogenated alkanes) is 27. The van der Waals surface area contributed by atoms with Gasteiger partial charge in [-0.2, -0.15) is 0 Å². The van der Waals surface area contributed by atoms with E-state index in [0.29, 0.717) is 0 Å². The Morgan fingerprint density at radius 3 is 0.794 bits per heavy atom. The Morgan fingerprint density at radius 1 is 0.382 bits per heavy atom. The molecule has 0 radical (unpaired) electrons. The van der Waals surface area contributed by atoms with E-state index in [-0.39, 0.29) is 0 Å². The minimum Gasteiger partial charge on any atom is -0.499 e. The van der Waals surface area contributed by atoms with Crippen molar-refractivity contribution in [3.05, 3.63) is 12.3 Å². The van der Waals surface area contributed by atoms with Crippen LogP contribution in [0.4, 0.5) is 0 Å². The van der Waals surface area contributed by atoms with Crippen LogP contribution in [-0.4, -0.2) is 6.61 Å². The molecular weight excluding hydrogens is 412 g/mol. The van der Waals surface area contributed by atoms with Crippen LogP contribution in [0.15, 0.2) is 12.3 Å². The SMILES string of the molecule is C=C(C)OCCCCCCCCCCCCCCCCCCCCCCCCCCCCCC. The first-order chi connectivity index (χ1) is 16.8. The number of ether oxygens (including phenoxy) is 1. The first-order valence-electron chi connectivity index (χ1n) is 16.1. The molecule has 0 aromatic carbocycles. The number of rotatable bonds is 30. The molecule has 0 bridgehead atoms. The predicted molar refractivity (Wildman–Crippen MR) is 156 cm³/mol. The van der Waals surface area contributed by atoms with Gasteiger partial charge < -0.3 is 4.74 Å². The van der Waals surface area contributed by atoms with Crippen molar-refractivity contribution < 1.29 is 4.74 Å². The van der Waals surface area contributed by atoms with Gasteiger partial charge >= 0.3 is 0 Å². The van der Waals surface area contributed by atoms with Crippen LogP contribution in [0.3, 0.4) is 0 Å². The third-order valence-corrected chi connectivity index (χ3v) is 7.35. The lowest BCUT2D eigenvalue weighted by Crippen LogP contribution is -1.91. The van der Waals surface area contributed by atoms with Gasteiger partial charge in [0.05, 0.1) is 12.4 Å². The van der Waals surface area contributed by atoms with Gasteiger partial charge in [0.25, 0.3) is 0 Å². The third-order valence-electron chi connectivity index (χ3n) is 7.35. The van der Waals surface area contributed by atoms with Crippen LogP contribution in [-0.2, 0) is 4.74 Å². The van der Waals surface area contributed by atoms with E-state index in [2.05, 4.69) is 13.5 Å². The Kier molecular flexibility index (Phi) is 30.2. The minimum atomic E-state index is 0.852. The second-order valence-electron chi connectivity index (χ2n) is 11.1. The summed E-state index contributed by atoms with van der Waals surface area (Å²) in [6, 6.07) is 0. The topological polar surface area (TPSA) is 9.23 Å². The van der Waals surface area contributed by atoms with Crippen LogP contribution in [0.1, 0.15) is 194 Å². The molecule has 0 aliphatic heterocycles. The summed E-state index contributed by atoms with van der Waals surface area (Å²) in [6.45, 7) is 8.86. The summed E-state index contributed by atoms with van der Waals surface area (Å²) in [5.41, 5.74) is 0. The summed E-state index contributed by atoms with van der Waals surface area (Å²) < 4.78 is 5.41. The fraction of sp³-hybridized carbons (Fsp3) is 0.939. The lowest BCUT2D eigenvalue weighted by Gasteiger charge is -2.05. The normalized spacial score (nSPS) is 11.2. The Bertz CT molecular complexity index is 375. The van der Waals surface area contributed by atoms with Gasteiger partial charge in [-0.15, -0.1) is 0 Å². The Labute approximate surface area is 217 Å². The molecule has 0 saturated heterocycles. The standard InChI is InChI=1S/C33H66O/c1-4-5-6-7-8-9-10-11-12-13-14-15-16-17-18-19-20-21-22-23-24-25-26-27-28-29-30-31-32-34-33(2)3/h2,4-32H2,1,3H3. The van der Waals surface area contributed by atoms with Gasteiger partial charge in [0.2, 0.25) is 0 Å². The highest BCUT2D eigenvalue weighted by Crippen LogP contribution is 2.16. The van der Waals surface area contributed by atoms with Crippen LogP contribution in [0.5, 0.6) is 0 Å². The number of allylic oxidation sites excluding steroid dienone is 1. The van der Waals surface area contributed by atoms with Crippen LogP contribution in [0.25, 0.3) is 0 Å². The molecule has 0 unspecified atom stereocenters. The predicted octanol–water partition coefficient (Wildman–Crippen LogP) is 12.5. The van der Waals surface area contributed by atoms with E-state index in [9.17, 15) is 0 Å². The maximum absolute atomic E-state index is 5.41. The van der Waals surface area contributed by atoms with Gasteiger partial charge in [-0.3, -0.25) is 0 Å². The van der Waals surface area contributed by atoms with Crippen molar-refractivity contribution >= 4 is 0 Å². The summed E-state index contributed by atoms with van der Waals surface area (Å²) in [4.78, 5) is 0. The Morgan fingerprint density at radius 2 is 0.588 bits per heavy atom. The molecule has 0 fully saturated rings. The largest absolute Gasteiger partial charge is 0.499 e. The molecule has 0 aromatic rings. The molecule has 0 rings (SSSR count). The fourth-order valence-corrected chi connectivity index (χ4v) is 5.02. The average molecular weight is 479 g/mol. The van der Waals surface area contributed by atoms with Crippen LogP contribution < -0.4 is 0 Å². The van der Waals surface area contributed by atoms with Gasteiger partial charge in [-0.1, -0.05) is 187 Å². The van der Waals surface area contributed by atoms with Crippen molar-refractivity contribution in [3.8, 4) is 0 Å². The lowest BCUT2D eigenvalue weighted by molar-refractivity contribution is 0.208. The Balaban J connectivity index is 3.01. The molecule has 0 aliphatic rings. The molecule has 0 aromatic heterocycles. The van der Waals surface area contributed by atoms with Gasteiger partial charge in [0.1, 0.15) is 0 Å². The summed E-state index contributed by atoms with van der Waals surface area (Å²) in [7, 11) is 0. The van der Waals surface area contributed by atoms with Crippen molar-refractivity contribution in [1.29, 1.82) is 0 Å². The molecule has 0 aliphatic carbocycles. The highest BCUT2D eigenvalue weighted by atomic mass is 16.5. The first-order valence-corrected chi connectivity index (χ1v) is 16.1. The van der Waals surface area contributed by atoms with E-state index in [1.807, 2.05) is 6.92 Å². The van der Waals surface area contributed by atoms with Crippen LogP contribution in [0, 0.1) is 0 Å². The summed E-state index contributed by atoms with van der Waals surface area (Å²) in [5, 5.41) is 0. The second kappa shape index (κ2) is 30.6. The van der Waals surface area contributed by atoms with E-state index in [4.69, 9.17) is 4.74 Å². The highest BCUT2D eigenvalue weighted by molar-refractivity contribution is 4.73. The summed E-state index contributed by atoms with van der Waals surface area (Å²) in [5.74, 6) is 0.852. The fourth-order valence-electron chi connectivity index (χ4n) is 5.02. The Hall–Kier alpha value is -0.460. The molecule has 34 heavy (non-hydrogen) atoms. The van der Waals surface area contributed by atoms with E-state index in [1.165, 1.54) is 180 Å². The lowest BCUT2D eigenvalue weighted by atomic mass is 10.0. The van der Waals surface area contributed by atoms with E-state index < -0.39 is 0 Å². The van der Waals surface area contributed by atoms with E-state index in [1.54, 1.807) is 0 Å². The van der Waals surface area contributed by atoms with Gasteiger partial charge in [-0.25, -0.2) is 0 Å². The second-order valence-corrected chi connectivity index (χ2v) is 11.1. The summed E-state index contributed by atoms with van der Waals surface area (Å²) in [6.07, 6.45) is 40.5. The van der Waals surface area contributed by atoms with Crippen molar-refractivity contribution in [1.82, 2.24) is 0 Å². The van der Waals surface area contributed by atoms with E-state index in [0.717, 1.165) is 12.4 Å². The molecule has 204 valence electrons. The van der Waals surface area contributed by atoms with Gasteiger partial charge in [0.15, 0.2) is 0 Å². The minimum absolute atomic E-state index is 0.852. The first kappa shape index (κ1) is 33.5. The van der Waals surface area contributed by atoms with Crippen molar-refractivity contribution in [2.24, 2.45) is 0 Å². The summed E-state index contributed by atoms with van der Waals surface area (Å²) >= 11 is 0. The van der Waals surface area contributed by atoms with Gasteiger partial charge in [0, 0.05) is 0 Å². The van der Waals surface area contributed by atoms with Crippen LogP contribution >= 0.6 is 0 Å². The van der Waals surface area contributed by atoms with Crippen molar-refractivity contribution in [2.45, 2.75) is 194 Å². The van der Waals surface area contributed by atoms with Crippen LogP contribution in [0.2, 0.25) is 0 Å². The van der Waals surface area contributed by atoms with Gasteiger partial charge in [-0.05, 0) is 13.3 Å². The van der Waals surface area contributed by atoms with Crippen molar-refractivity contribution in [3.63, 3.8) is 0 Å². The zero-order chi connectivity index (χ0) is 24.8. The molecule has 0 saturated carbocycles. The highest BCUT2D eigenvalue weighted by Gasteiger charge is 1.97. The van der Waals surface area contributed by atoms with E-state index >= 15 is 0 Å². The number of hydrogen-bond acceptors (Lipinski definition) is 1. The third kappa shape index (κ3) is 31.5. The molecule has 0 N–H and O–H groups in total. The quantitative estimate of drug-likeness (QED) is 0.0736. The zero-order valence-electron chi connectivity index (χ0n) is 24.1. The molecule has 0 heterocycles.